The Bertz CT molecular complexity index is 606. The van der Waals surface area contributed by atoms with Crippen LogP contribution < -0.4 is 10.1 Å². The summed E-state index contributed by atoms with van der Waals surface area (Å²) in [5.74, 6) is 1.71. The van der Waals surface area contributed by atoms with Crippen molar-refractivity contribution in [2.45, 2.75) is 18.9 Å². The number of thiophene rings is 1. The topological polar surface area (TPSA) is 21.3 Å². The van der Waals surface area contributed by atoms with E-state index < -0.39 is 0 Å². The van der Waals surface area contributed by atoms with Gasteiger partial charge in [-0.2, -0.15) is 0 Å². The van der Waals surface area contributed by atoms with Crippen molar-refractivity contribution in [2.24, 2.45) is 5.92 Å². The monoisotopic (exact) mass is 351 g/mol. The van der Waals surface area contributed by atoms with Gasteiger partial charge in [-0.15, -0.1) is 11.3 Å². The molecule has 1 aliphatic rings. The van der Waals surface area contributed by atoms with Gasteiger partial charge in [0.2, 0.25) is 0 Å². The van der Waals surface area contributed by atoms with Crippen molar-refractivity contribution in [1.29, 1.82) is 0 Å². The fraction of sp³-hybridized carbons (Fsp3) is 0.375. The predicted molar refractivity (Wildman–Crippen MR) is 88.5 cm³/mol. The van der Waals surface area contributed by atoms with Gasteiger partial charge in [0.05, 0.1) is 7.11 Å². The Morgan fingerprint density at radius 1 is 1.30 bits per heavy atom. The van der Waals surface area contributed by atoms with E-state index in [1.54, 1.807) is 7.11 Å². The van der Waals surface area contributed by atoms with Crippen LogP contribution in [0.2, 0.25) is 0 Å². The van der Waals surface area contributed by atoms with Crippen molar-refractivity contribution in [3.63, 3.8) is 0 Å². The maximum Gasteiger partial charge on any atom is 0.119 e. The molecule has 4 heteroatoms. The molecule has 1 aromatic carbocycles. The molecule has 1 fully saturated rings. The average Bonchev–Trinajstić information content (AvgIpc) is 3.18. The number of methoxy groups -OCH3 is 1. The van der Waals surface area contributed by atoms with E-state index in [1.807, 2.05) is 23.5 Å². The Kier molecular flexibility index (Phi) is 4.15. The molecule has 1 unspecified atom stereocenters. The first kappa shape index (κ1) is 14.1. The number of ether oxygens (including phenoxy) is 1. The Hall–Kier alpha value is -0.840. The van der Waals surface area contributed by atoms with Crippen molar-refractivity contribution in [3.05, 3.63) is 39.7 Å². The van der Waals surface area contributed by atoms with Gasteiger partial charge in [0.25, 0.3) is 0 Å². The maximum atomic E-state index is 5.33. The minimum Gasteiger partial charge on any atom is -0.497 e. The van der Waals surface area contributed by atoms with Crippen LogP contribution in [0.4, 0.5) is 0 Å². The molecule has 20 heavy (non-hydrogen) atoms. The highest BCUT2D eigenvalue weighted by molar-refractivity contribution is 9.10. The molecule has 1 atom stereocenters. The molecule has 2 aromatic rings. The molecular formula is C16H18BrNOS. The van der Waals surface area contributed by atoms with Gasteiger partial charge in [0, 0.05) is 25.8 Å². The summed E-state index contributed by atoms with van der Waals surface area (Å²) in [4.78, 5) is 2.71. The van der Waals surface area contributed by atoms with Crippen LogP contribution in [-0.2, 0) is 0 Å². The van der Waals surface area contributed by atoms with Crippen molar-refractivity contribution in [2.75, 3.05) is 14.2 Å². The number of hydrogen-bond donors (Lipinski definition) is 1. The van der Waals surface area contributed by atoms with E-state index in [1.165, 1.54) is 28.2 Å². The van der Waals surface area contributed by atoms with Crippen LogP contribution in [0.1, 0.15) is 23.8 Å². The number of rotatable bonds is 5. The molecule has 0 bridgehead atoms. The lowest BCUT2D eigenvalue weighted by molar-refractivity contribution is 0.415. The molecule has 0 radical (unpaired) electrons. The molecule has 1 heterocycles. The van der Waals surface area contributed by atoms with E-state index in [-0.39, 0.29) is 0 Å². The van der Waals surface area contributed by atoms with Crippen molar-refractivity contribution < 1.29 is 4.74 Å². The van der Waals surface area contributed by atoms with Crippen molar-refractivity contribution in [3.8, 4) is 16.2 Å². The van der Waals surface area contributed by atoms with Crippen LogP contribution in [0, 0.1) is 5.92 Å². The quantitative estimate of drug-likeness (QED) is 0.830. The molecule has 0 spiro atoms. The summed E-state index contributed by atoms with van der Waals surface area (Å²) in [5, 5.41) is 3.46. The highest BCUT2D eigenvalue weighted by Crippen LogP contribution is 2.45. The smallest absolute Gasteiger partial charge is 0.119 e. The van der Waals surface area contributed by atoms with Crippen molar-refractivity contribution >= 4 is 27.3 Å². The molecule has 1 N–H and O–H groups in total. The Labute approximate surface area is 132 Å². The average molecular weight is 352 g/mol. The largest absolute Gasteiger partial charge is 0.497 e. The number of nitrogens with one attached hydrogen (secondary N) is 1. The summed E-state index contributed by atoms with van der Waals surface area (Å²) in [5.41, 5.74) is 1.20. The highest BCUT2D eigenvalue weighted by Gasteiger charge is 2.32. The molecular weight excluding hydrogens is 334 g/mol. The molecule has 2 nitrogen and oxygen atoms in total. The molecule has 0 aliphatic heterocycles. The summed E-state index contributed by atoms with van der Waals surface area (Å²) in [6, 6.07) is 11.1. The highest BCUT2D eigenvalue weighted by atomic mass is 79.9. The van der Waals surface area contributed by atoms with Crippen LogP contribution in [0.15, 0.2) is 34.8 Å². The van der Waals surface area contributed by atoms with E-state index in [0.29, 0.717) is 6.04 Å². The molecule has 1 saturated carbocycles. The van der Waals surface area contributed by atoms with E-state index in [0.717, 1.165) is 16.1 Å². The molecule has 0 saturated heterocycles. The molecule has 106 valence electrons. The zero-order chi connectivity index (χ0) is 14.1. The Balaban J connectivity index is 1.93. The SMILES string of the molecule is CNC(c1ccc(-c2cc(OC)ccc2Br)s1)C1CC1. The predicted octanol–water partition coefficient (Wildman–Crippen LogP) is 4.86. The molecule has 0 amide bonds. The van der Waals surface area contributed by atoms with Crippen LogP contribution >= 0.6 is 27.3 Å². The number of halogens is 1. The molecule has 3 rings (SSSR count). The van der Waals surface area contributed by atoms with Crippen molar-refractivity contribution in [1.82, 2.24) is 5.32 Å². The van der Waals surface area contributed by atoms with Gasteiger partial charge < -0.3 is 10.1 Å². The van der Waals surface area contributed by atoms with Gasteiger partial charge in [-0.3, -0.25) is 0 Å². The van der Waals surface area contributed by atoms with Crippen LogP contribution in [0.5, 0.6) is 5.75 Å². The number of hydrogen-bond acceptors (Lipinski definition) is 3. The molecule has 1 aromatic heterocycles. The lowest BCUT2D eigenvalue weighted by Gasteiger charge is -2.12. The lowest BCUT2D eigenvalue weighted by atomic mass is 10.1. The van der Waals surface area contributed by atoms with E-state index >= 15 is 0 Å². The fourth-order valence-electron chi connectivity index (χ4n) is 2.52. The third-order valence-electron chi connectivity index (χ3n) is 3.78. The van der Waals surface area contributed by atoms with Gasteiger partial charge in [-0.1, -0.05) is 15.9 Å². The summed E-state index contributed by atoms with van der Waals surface area (Å²) in [6.45, 7) is 0. The summed E-state index contributed by atoms with van der Waals surface area (Å²) in [6.07, 6.45) is 2.70. The standard InChI is InChI=1S/C16H18BrNOS/c1-18-16(10-3-4-10)15-8-7-14(20-15)12-9-11(19-2)5-6-13(12)17/h5-10,16,18H,3-4H2,1-2H3. The minimum atomic E-state index is 0.512. The zero-order valence-electron chi connectivity index (χ0n) is 11.7. The van der Waals surface area contributed by atoms with E-state index in [2.05, 4.69) is 46.5 Å². The maximum absolute atomic E-state index is 5.33. The Morgan fingerprint density at radius 3 is 2.75 bits per heavy atom. The van der Waals surface area contributed by atoms with E-state index in [9.17, 15) is 0 Å². The first-order valence-corrected chi connectivity index (χ1v) is 8.44. The van der Waals surface area contributed by atoms with Gasteiger partial charge in [0.15, 0.2) is 0 Å². The van der Waals surface area contributed by atoms with Crippen LogP contribution in [0.25, 0.3) is 10.4 Å². The second-order valence-corrected chi connectivity index (χ2v) is 7.12. The van der Waals surface area contributed by atoms with Crippen LogP contribution in [0.3, 0.4) is 0 Å². The first-order chi connectivity index (χ1) is 9.72. The normalized spacial score (nSPS) is 16.1. The number of benzene rings is 1. The molecule has 1 aliphatic carbocycles. The summed E-state index contributed by atoms with van der Waals surface area (Å²) in [7, 11) is 3.76. The minimum absolute atomic E-state index is 0.512. The lowest BCUT2D eigenvalue weighted by Crippen LogP contribution is -2.16. The summed E-state index contributed by atoms with van der Waals surface area (Å²) >= 11 is 5.51. The van der Waals surface area contributed by atoms with Gasteiger partial charge in [-0.05, 0) is 56.1 Å². The Morgan fingerprint density at radius 2 is 2.10 bits per heavy atom. The second-order valence-electron chi connectivity index (χ2n) is 5.15. The fourth-order valence-corrected chi connectivity index (χ4v) is 4.36. The summed E-state index contributed by atoms with van der Waals surface area (Å²) < 4.78 is 6.44. The van der Waals surface area contributed by atoms with Gasteiger partial charge >= 0.3 is 0 Å². The first-order valence-electron chi connectivity index (χ1n) is 6.84. The third-order valence-corrected chi connectivity index (χ3v) is 5.67. The van der Waals surface area contributed by atoms with Gasteiger partial charge in [-0.25, -0.2) is 0 Å². The van der Waals surface area contributed by atoms with Crippen LogP contribution in [-0.4, -0.2) is 14.2 Å². The second kappa shape index (κ2) is 5.88. The van der Waals surface area contributed by atoms with E-state index in [4.69, 9.17) is 4.74 Å². The van der Waals surface area contributed by atoms with Gasteiger partial charge in [0.1, 0.15) is 5.75 Å². The zero-order valence-corrected chi connectivity index (χ0v) is 14.1. The third kappa shape index (κ3) is 2.78.